The van der Waals surface area contributed by atoms with Crippen molar-refractivity contribution in [2.75, 3.05) is 11.1 Å². The van der Waals surface area contributed by atoms with Crippen molar-refractivity contribution in [3.63, 3.8) is 0 Å². The van der Waals surface area contributed by atoms with Gasteiger partial charge in [-0.15, -0.1) is 10.2 Å². The van der Waals surface area contributed by atoms with E-state index in [1.807, 2.05) is 72.8 Å². The monoisotopic (exact) mass is 436 g/mol. The van der Waals surface area contributed by atoms with Crippen LogP contribution in [0.2, 0.25) is 0 Å². The number of nitrogens with one attached hydrogen (secondary N) is 1. The van der Waals surface area contributed by atoms with Gasteiger partial charge in [-0.25, -0.2) is 0 Å². The maximum Gasteiger partial charge on any atom is 0.233 e. The minimum atomic E-state index is 0.0213. The van der Waals surface area contributed by atoms with Crippen LogP contribution in [0.3, 0.4) is 0 Å². The summed E-state index contributed by atoms with van der Waals surface area (Å²) in [5.74, 6) is 1.07. The van der Waals surface area contributed by atoms with Crippen molar-refractivity contribution in [3.8, 4) is 0 Å². The van der Waals surface area contributed by atoms with Crippen LogP contribution < -0.4 is 5.32 Å². The van der Waals surface area contributed by atoms with E-state index < -0.39 is 0 Å². The largest absolute Gasteiger partial charge is 0.467 e. The normalized spacial score (nSPS) is 10.7. The molecular weight excluding hydrogens is 416 g/mol. The third-order valence-corrected chi connectivity index (χ3v) is 6.20. The molecule has 0 aliphatic heterocycles. The first-order valence-electron chi connectivity index (χ1n) is 9.39. The first-order chi connectivity index (χ1) is 14.8. The summed E-state index contributed by atoms with van der Waals surface area (Å²) < 4.78 is 6.19. The Morgan fingerprint density at radius 2 is 1.73 bits per heavy atom. The molecule has 2 aromatic carbocycles. The third-order valence-electron chi connectivity index (χ3n) is 4.25. The van der Waals surface area contributed by atoms with Crippen molar-refractivity contribution in [1.82, 2.24) is 15.1 Å². The molecule has 0 spiro atoms. The van der Waals surface area contributed by atoms with Gasteiger partial charge < -0.3 is 14.6 Å². The number of anilines is 2. The molecule has 2 heterocycles. The molecular formula is C22H20N4O2S2. The lowest BCUT2D eigenvalue weighted by Crippen LogP contribution is -2.31. The van der Waals surface area contributed by atoms with Crippen LogP contribution in [-0.2, 0) is 17.9 Å². The molecule has 0 aliphatic rings. The summed E-state index contributed by atoms with van der Waals surface area (Å²) in [6.07, 6.45) is 1.62. The Bertz CT molecular complexity index is 1050. The van der Waals surface area contributed by atoms with Gasteiger partial charge in [0.1, 0.15) is 5.76 Å². The second-order valence-electron chi connectivity index (χ2n) is 6.47. The number of para-hydroxylation sites is 1. The number of carbonyl (C=O) groups is 1. The van der Waals surface area contributed by atoms with Gasteiger partial charge in [0.05, 0.1) is 18.6 Å². The molecule has 0 saturated heterocycles. The fraction of sp³-hybridized carbons (Fsp3) is 0.136. The Labute approximate surface area is 182 Å². The minimum absolute atomic E-state index is 0.0213. The number of hydrogen-bond donors (Lipinski definition) is 1. The van der Waals surface area contributed by atoms with Crippen molar-refractivity contribution < 1.29 is 9.21 Å². The molecule has 0 bridgehead atoms. The van der Waals surface area contributed by atoms with E-state index in [2.05, 4.69) is 15.5 Å². The van der Waals surface area contributed by atoms with Crippen LogP contribution in [0.4, 0.5) is 10.8 Å². The second-order valence-corrected chi connectivity index (χ2v) is 8.67. The van der Waals surface area contributed by atoms with E-state index in [4.69, 9.17) is 4.42 Å². The van der Waals surface area contributed by atoms with Gasteiger partial charge in [-0.05, 0) is 29.8 Å². The van der Waals surface area contributed by atoms with Crippen LogP contribution >= 0.6 is 23.1 Å². The molecule has 1 N–H and O–H groups in total. The zero-order valence-electron chi connectivity index (χ0n) is 16.1. The van der Waals surface area contributed by atoms with E-state index in [0.717, 1.165) is 21.4 Å². The molecule has 0 radical (unpaired) electrons. The van der Waals surface area contributed by atoms with Crippen LogP contribution in [0, 0.1) is 0 Å². The van der Waals surface area contributed by atoms with E-state index in [1.165, 1.54) is 23.1 Å². The smallest absolute Gasteiger partial charge is 0.233 e. The molecule has 0 unspecified atom stereocenters. The fourth-order valence-electron chi connectivity index (χ4n) is 2.81. The summed E-state index contributed by atoms with van der Waals surface area (Å²) in [6, 6.07) is 23.5. The number of hydrogen-bond acceptors (Lipinski definition) is 7. The summed E-state index contributed by atoms with van der Waals surface area (Å²) >= 11 is 2.83. The maximum atomic E-state index is 12.9. The van der Waals surface area contributed by atoms with Gasteiger partial charge in [0, 0.05) is 12.2 Å². The number of thioether (sulfide) groups is 1. The van der Waals surface area contributed by atoms with Gasteiger partial charge in [0.15, 0.2) is 4.34 Å². The SMILES string of the molecule is O=C(CSc1nnc(Nc2ccccc2)s1)N(Cc1ccccc1)Cc1ccco1. The first kappa shape index (κ1) is 20.2. The molecule has 0 fully saturated rings. The van der Waals surface area contributed by atoms with Crippen molar-refractivity contribution in [2.45, 2.75) is 17.4 Å². The maximum absolute atomic E-state index is 12.9. The highest BCUT2D eigenvalue weighted by atomic mass is 32.2. The van der Waals surface area contributed by atoms with Crippen molar-refractivity contribution >= 4 is 39.8 Å². The fourth-order valence-corrected chi connectivity index (χ4v) is 4.48. The first-order valence-corrected chi connectivity index (χ1v) is 11.2. The topological polar surface area (TPSA) is 71.3 Å². The summed E-state index contributed by atoms with van der Waals surface area (Å²) in [5.41, 5.74) is 2.03. The quantitative estimate of drug-likeness (QED) is 0.364. The predicted molar refractivity (Wildman–Crippen MR) is 120 cm³/mol. The summed E-state index contributed by atoms with van der Waals surface area (Å²) in [4.78, 5) is 14.7. The Morgan fingerprint density at radius 3 is 2.47 bits per heavy atom. The van der Waals surface area contributed by atoms with Gasteiger partial charge in [0.25, 0.3) is 0 Å². The van der Waals surface area contributed by atoms with Crippen molar-refractivity contribution in [3.05, 3.63) is 90.4 Å². The molecule has 4 rings (SSSR count). The molecule has 0 saturated carbocycles. The highest BCUT2D eigenvalue weighted by Gasteiger charge is 2.17. The average molecular weight is 437 g/mol. The highest BCUT2D eigenvalue weighted by molar-refractivity contribution is 8.01. The van der Waals surface area contributed by atoms with Crippen LogP contribution in [0.15, 0.2) is 87.8 Å². The van der Waals surface area contributed by atoms with E-state index in [9.17, 15) is 4.79 Å². The second kappa shape index (κ2) is 10.1. The van der Waals surface area contributed by atoms with E-state index in [0.29, 0.717) is 18.2 Å². The van der Waals surface area contributed by atoms with Gasteiger partial charge in [-0.2, -0.15) is 0 Å². The number of amides is 1. The van der Waals surface area contributed by atoms with Crippen LogP contribution in [-0.4, -0.2) is 26.8 Å². The number of carbonyl (C=O) groups excluding carboxylic acids is 1. The Balaban J connectivity index is 1.37. The molecule has 4 aromatic rings. The molecule has 2 aromatic heterocycles. The average Bonchev–Trinajstić information content (AvgIpc) is 3.45. The Morgan fingerprint density at radius 1 is 0.967 bits per heavy atom. The lowest BCUT2D eigenvalue weighted by molar-refractivity contribution is -0.129. The molecule has 152 valence electrons. The van der Waals surface area contributed by atoms with Crippen molar-refractivity contribution in [2.24, 2.45) is 0 Å². The van der Waals surface area contributed by atoms with Crippen LogP contribution in [0.25, 0.3) is 0 Å². The van der Waals surface area contributed by atoms with Crippen LogP contribution in [0.1, 0.15) is 11.3 Å². The molecule has 30 heavy (non-hydrogen) atoms. The number of benzene rings is 2. The van der Waals surface area contributed by atoms with Gasteiger partial charge >= 0.3 is 0 Å². The summed E-state index contributed by atoms with van der Waals surface area (Å²) in [6.45, 7) is 0.954. The van der Waals surface area contributed by atoms with Gasteiger partial charge in [0.2, 0.25) is 11.0 Å². The number of aromatic nitrogens is 2. The van der Waals surface area contributed by atoms with Crippen LogP contribution in [0.5, 0.6) is 0 Å². The Kier molecular flexibility index (Phi) is 6.79. The molecule has 0 aliphatic carbocycles. The third kappa shape index (κ3) is 5.71. The predicted octanol–water partition coefficient (Wildman–Crippen LogP) is 5.20. The number of furan rings is 1. The molecule has 0 atom stereocenters. The number of nitrogens with zero attached hydrogens (tertiary/aromatic N) is 3. The number of rotatable bonds is 9. The zero-order valence-corrected chi connectivity index (χ0v) is 17.7. The molecule has 8 heteroatoms. The van der Waals surface area contributed by atoms with Crippen molar-refractivity contribution in [1.29, 1.82) is 0 Å². The van der Waals surface area contributed by atoms with E-state index in [1.54, 1.807) is 11.2 Å². The summed E-state index contributed by atoms with van der Waals surface area (Å²) in [7, 11) is 0. The zero-order chi connectivity index (χ0) is 20.6. The minimum Gasteiger partial charge on any atom is -0.467 e. The van der Waals surface area contributed by atoms with Gasteiger partial charge in [-0.3, -0.25) is 4.79 Å². The molecule has 6 nitrogen and oxygen atoms in total. The summed E-state index contributed by atoms with van der Waals surface area (Å²) in [5, 5.41) is 12.3. The lowest BCUT2D eigenvalue weighted by atomic mass is 10.2. The highest BCUT2D eigenvalue weighted by Crippen LogP contribution is 2.28. The Hall–Kier alpha value is -3.10. The molecule has 1 amide bonds. The van der Waals surface area contributed by atoms with E-state index >= 15 is 0 Å². The standard InChI is InChI=1S/C22H20N4O2S2/c27-20(16-29-22-25-24-21(30-22)23-18-10-5-2-6-11-18)26(15-19-12-7-13-28-19)14-17-8-3-1-4-9-17/h1-13H,14-16H2,(H,23,24). The lowest BCUT2D eigenvalue weighted by Gasteiger charge is -2.21. The van der Waals surface area contributed by atoms with E-state index in [-0.39, 0.29) is 11.7 Å². The van der Waals surface area contributed by atoms with Gasteiger partial charge in [-0.1, -0.05) is 71.6 Å².